The van der Waals surface area contributed by atoms with E-state index in [1.54, 1.807) is 0 Å². The Morgan fingerprint density at radius 2 is 1.77 bits per heavy atom. The number of aryl methyl sites for hydroxylation is 2. The van der Waals surface area contributed by atoms with Gasteiger partial charge in [0.25, 0.3) is 5.91 Å². The van der Waals surface area contributed by atoms with E-state index < -0.39 is 10.0 Å². The third-order valence-corrected chi connectivity index (χ3v) is 6.66. The van der Waals surface area contributed by atoms with Gasteiger partial charge < -0.3 is 0 Å². The molecule has 0 fully saturated rings. The summed E-state index contributed by atoms with van der Waals surface area (Å²) in [5, 5.41) is 11.8. The maximum absolute atomic E-state index is 12.5. The Bertz CT molecular complexity index is 1190. The van der Waals surface area contributed by atoms with Crippen LogP contribution in [0.25, 0.3) is 11.3 Å². The third-order valence-electron chi connectivity index (χ3n) is 4.30. The monoisotopic (exact) mass is 440 g/mol. The number of hydrogen-bond acceptors (Lipinski definition) is 6. The highest BCUT2D eigenvalue weighted by molar-refractivity contribution is 7.89. The SMILES string of the molecule is Cc1ccc(-c2nc(NC(=O)c3ccc(S(=O)(=O)NCCC#N)cc3)sc2C)cc1. The van der Waals surface area contributed by atoms with Crippen LogP contribution in [-0.4, -0.2) is 25.9 Å². The third kappa shape index (κ3) is 5.10. The minimum Gasteiger partial charge on any atom is -0.298 e. The number of hydrogen-bond donors (Lipinski definition) is 2. The van der Waals surface area contributed by atoms with Crippen molar-refractivity contribution < 1.29 is 13.2 Å². The summed E-state index contributed by atoms with van der Waals surface area (Å²) in [6.07, 6.45) is 0.0809. The number of rotatable bonds is 7. The second kappa shape index (κ2) is 9.17. The van der Waals surface area contributed by atoms with Crippen LogP contribution in [0, 0.1) is 25.2 Å². The molecular weight excluding hydrogens is 420 g/mol. The Kier molecular flexibility index (Phi) is 6.62. The molecule has 0 atom stereocenters. The maximum Gasteiger partial charge on any atom is 0.257 e. The molecule has 0 unspecified atom stereocenters. The van der Waals surface area contributed by atoms with Crippen LogP contribution in [0.3, 0.4) is 0 Å². The van der Waals surface area contributed by atoms with Crippen molar-refractivity contribution in [2.45, 2.75) is 25.2 Å². The minimum absolute atomic E-state index is 0.0312. The van der Waals surface area contributed by atoms with Crippen molar-refractivity contribution in [1.82, 2.24) is 9.71 Å². The lowest BCUT2D eigenvalue weighted by molar-refractivity contribution is 0.102. The van der Waals surface area contributed by atoms with Gasteiger partial charge in [0, 0.05) is 29.0 Å². The molecule has 0 radical (unpaired) electrons. The summed E-state index contributed by atoms with van der Waals surface area (Å²) in [6, 6.07) is 15.5. The number of benzene rings is 2. The molecule has 154 valence electrons. The quantitative estimate of drug-likeness (QED) is 0.542. The molecule has 0 spiro atoms. The Morgan fingerprint density at radius 3 is 2.40 bits per heavy atom. The van der Waals surface area contributed by atoms with Crippen LogP contribution in [0.15, 0.2) is 53.4 Å². The molecule has 1 aromatic heterocycles. The molecule has 7 nitrogen and oxygen atoms in total. The van der Waals surface area contributed by atoms with E-state index in [0.29, 0.717) is 10.7 Å². The number of anilines is 1. The van der Waals surface area contributed by atoms with Crippen LogP contribution >= 0.6 is 11.3 Å². The van der Waals surface area contributed by atoms with Crippen LogP contribution in [0.1, 0.15) is 27.2 Å². The Morgan fingerprint density at radius 1 is 1.10 bits per heavy atom. The molecule has 1 amide bonds. The highest BCUT2D eigenvalue weighted by Gasteiger charge is 2.16. The molecule has 0 aliphatic heterocycles. The molecule has 3 rings (SSSR count). The van der Waals surface area contributed by atoms with Crippen LogP contribution in [0.2, 0.25) is 0 Å². The first-order chi connectivity index (χ1) is 14.3. The minimum atomic E-state index is -3.71. The average Bonchev–Trinajstić information content (AvgIpc) is 3.08. The molecule has 3 aromatic rings. The number of thiazole rings is 1. The number of sulfonamides is 1. The fourth-order valence-electron chi connectivity index (χ4n) is 2.71. The van der Waals surface area contributed by atoms with Crippen molar-refractivity contribution in [2.24, 2.45) is 0 Å². The van der Waals surface area contributed by atoms with Gasteiger partial charge in [0.15, 0.2) is 5.13 Å². The molecule has 1 heterocycles. The number of nitrogens with zero attached hydrogens (tertiary/aromatic N) is 2. The standard InChI is InChI=1S/C21H20N4O3S2/c1-14-4-6-16(7-5-14)19-15(2)29-21(24-19)25-20(26)17-8-10-18(11-9-17)30(27,28)23-13-3-12-22/h4-11,23H,3,13H2,1-2H3,(H,24,25,26). The summed E-state index contributed by atoms with van der Waals surface area (Å²) in [5.41, 5.74) is 3.27. The summed E-state index contributed by atoms with van der Waals surface area (Å²) >= 11 is 1.38. The zero-order chi connectivity index (χ0) is 21.7. The van der Waals surface area contributed by atoms with Crippen molar-refractivity contribution in [1.29, 1.82) is 5.26 Å². The van der Waals surface area contributed by atoms with Crippen LogP contribution in [0.4, 0.5) is 5.13 Å². The van der Waals surface area contributed by atoms with E-state index in [1.807, 2.05) is 44.2 Å². The Hall–Kier alpha value is -3.06. The van der Waals surface area contributed by atoms with E-state index in [0.717, 1.165) is 21.7 Å². The van der Waals surface area contributed by atoms with Crippen molar-refractivity contribution >= 4 is 32.4 Å². The number of amides is 1. The zero-order valence-electron chi connectivity index (χ0n) is 16.5. The molecule has 0 bridgehead atoms. The number of aromatic nitrogens is 1. The molecule has 0 saturated carbocycles. The molecule has 0 aliphatic rings. The Labute approximate surface area is 179 Å². The first kappa shape index (κ1) is 21.6. The fraction of sp³-hybridized carbons (Fsp3) is 0.190. The summed E-state index contributed by atoms with van der Waals surface area (Å²) in [4.78, 5) is 18.1. The van der Waals surface area contributed by atoms with Gasteiger partial charge in [-0.3, -0.25) is 10.1 Å². The normalized spacial score (nSPS) is 11.1. The molecule has 2 N–H and O–H groups in total. The van der Waals surface area contributed by atoms with Crippen LogP contribution in [0.5, 0.6) is 0 Å². The predicted molar refractivity (Wildman–Crippen MR) is 117 cm³/mol. The number of nitrogens with one attached hydrogen (secondary N) is 2. The summed E-state index contributed by atoms with van der Waals surface area (Å²) in [5.74, 6) is -0.374. The predicted octanol–water partition coefficient (Wildman–Crippen LogP) is 3.87. The number of carbonyl (C=O) groups excluding carboxylic acids is 1. The first-order valence-corrected chi connectivity index (χ1v) is 11.4. The summed E-state index contributed by atoms with van der Waals surface area (Å²) in [6.45, 7) is 4.00. The van der Waals surface area contributed by atoms with E-state index in [-0.39, 0.29) is 23.8 Å². The highest BCUT2D eigenvalue weighted by Crippen LogP contribution is 2.30. The van der Waals surface area contributed by atoms with Gasteiger partial charge in [0.1, 0.15) is 0 Å². The summed E-state index contributed by atoms with van der Waals surface area (Å²) in [7, 11) is -3.71. The largest absolute Gasteiger partial charge is 0.298 e. The first-order valence-electron chi connectivity index (χ1n) is 9.12. The summed E-state index contributed by atoms with van der Waals surface area (Å²) < 4.78 is 26.6. The zero-order valence-corrected chi connectivity index (χ0v) is 18.1. The van der Waals surface area contributed by atoms with Gasteiger partial charge in [-0.2, -0.15) is 5.26 Å². The lowest BCUT2D eigenvalue weighted by Gasteiger charge is -2.06. The smallest absolute Gasteiger partial charge is 0.257 e. The van der Waals surface area contributed by atoms with E-state index in [4.69, 9.17) is 5.26 Å². The highest BCUT2D eigenvalue weighted by atomic mass is 32.2. The fourth-order valence-corrected chi connectivity index (χ4v) is 4.57. The lowest BCUT2D eigenvalue weighted by Crippen LogP contribution is -2.24. The van der Waals surface area contributed by atoms with E-state index in [9.17, 15) is 13.2 Å². The second-order valence-electron chi connectivity index (χ2n) is 6.57. The van der Waals surface area contributed by atoms with E-state index in [1.165, 1.54) is 35.6 Å². The Balaban J connectivity index is 1.71. The van der Waals surface area contributed by atoms with E-state index in [2.05, 4.69) is 15.0 Å². The van der Waals surface area contributed by atoms with Gasteiger partial charge in [-0.1, -0.05) is 29.8 Å². The van der Waals surface area contributed by atoms with Crippen molar-refractivity contribution in [2.75, 3.05) is 11.9 Å². The molecule has 30 heavy (non-hydrogen) atoms. The van der Waals surface area contributed by atoms with Gasteiger partial charge in [-0.15, -0.1) is 11.3 Å². The topological polar surface area (TPSA) is 112 Å². The molecule has 0 aliphatic carbocycles. The number of carbonyl (C=O) groups is 1. The van der Waals surface area contributed by atoms with Crippen molar-refractivity contribution in [3.8, 4) is 17.3 Å². The van der Waals surface area contributed by atoms with Crippen molar-refractivity contribution in [3.05, 3.63) is 64.5 Å². The molecular formula is C21H20N4O3S2. The maximum atomic E-state index is 12.5. The van der Waals surface area contributed by atoms with Crippen molar-refractivity contribution in [3.63, 3.8) is 0 Å². The van der Waals surface area contributed by atoms with Crippen LogP contribution < -0.4 is 10.0 Å². The average molecular weight is 441 g/mol. The molecule has 9 heteroatoms. The van der Waals surface area contributed by atoms with Gasteiger partial charge in [0.05, 0.1) is 16.7 Å². The molecule has 2 aromatic carbocycles. The van der Waals surface area contributed by atoms with E-state index >= 15 is 0 Å². The second-order valence-corrected chi connectivity index (χ2v) is 9.54. The van der Waals surface area contributed by atoms with Gasteiger partial charge in [-0.25, -0.2) is 18.1 Å². The van der Waals surface area contributed by atoms with Crippen LogP contribution in [-0.2, 0) is 10.0 Å². The van der Waals surface area contributed by atoms with Gasteiger partial charge in [0.2, 0.25) is 10.0 Å². The molecule has 0 saturated heterocycles. The number of nitriles is 1. The van der Waals surface area contributed by atoms with Gasteiger partial charge >= 0.3 is 0 Å². The lowest BCUT2D eigenvalue weighted by atomic mass is 10.1. The van der Waals surface area contributed by atoms with Gasteiger partial charge in [-0.05, 0) is 38.1 Å².